The second-order valence-corrected chi connectivity index (χ2v) is 5.70. The maximum absolute atomic E-state index is 12.6. The summed E-state index contributed by atoms with van der Waals surface area (Å²) in [5.41, 5.74) is 7.78. The molecule has 1 heterocycles. The Morgan fingerprint density at radius 1 is 1.25 bits per heavy atom. The van der Waals surface area contributed by atoms with Crippen LogP contribution in [0, 0.1) is 6.92 Å². The number of nitrogens with two attached hydrogens (primary N) is 1. The Hall–Kier alpha value is -1.65. The first kappa shape index (κ1) is 14.8. The van der Waals surface area contributed by atoms with Gasteiger partial charge in [0, 0.05) is 13.1 Å². The zero-order valence-electron chi connectivity index (χ0n) is 11.7. The van der Waals surface area contributed by atoms with Crippen LogP contribution in [0.25, 0.3) is 0 Å². The monoisotopic (exact) mass is 288 g/mol. The highest BCUT2D eigenvalue weighted by Crippen LogP contribution is 2.19. The van der Waals surface area contributed by atoms with Crippen molar-refractivity contribution in [3.8, 4) is 0 Å². The molecule has 0 radical (unpaired) electrons. The molecule has 0 saturated heterocycles. The van der Waals surface area contributed by atoms with E-state index in [4.69, 9.17) is 5.73 Å². The molecular weight excluding hydrogens is 268 g/mol. The summed E-state index contributed by atoms with van der Waals surface area (Å²) in [6.45, 7) is 3.91. The molecule has 0 atom stereocenters. The second kappa shape index (κ2) is 7.22. The number of hydrogen-bond donors (Lipinski definition) is 1. The van der Waals surface area contributed by atoms with Gasteiger partial charge in [-0.05, 0) is 42.5 Å². The summed E-state index contributed by atoms with van der Waals surface area (Å²) in [6.07, 6.45) is 0.822. The lowest BCUT2D eigenvalue weighted by Gasteiger charge is -2.22. The van der Waals surface area contributed by atoms with Crippen LogP contribution in [0.3, 0.4) is 0 Å². The third-order valence-corrected chi connectivity index (χ3v) is 4.20. The molecule has 1 aromatic heterocycles. The van der Waals surface area contributed by atoms with E-state index in [0.717, 1.165) is 22.4 Å². The van der Waals surface area contributed by atoms with Gasteiger partial charge in [-0.25, -0.2) is 0 Å². The van der Waals surface area contributed by atoms with Crippen molar-refractivity contribution < 1.29 is 4.79 Å². The molecule has 0 fully saturated rings. The zero-order chi connectivity index (χ0) is 14.4. The number of carbonyl (C=O) groups excluding carboxylic acids is 1. The first-order chi connectivity index (χ1) is 9.72. The number of hydrogen-bond acceptors (Lipinski definition) is 3. The molecule has 4 heteroatoms. The van der Waals surface area contributed by atoms with Crippen molar-refractivity contribution in [3.63, 3.8) is 0 Å². The van der Waals surface area contributed by atoms with Crippen molar-refractivity contribution >= 4 is 17.2 Å². The second-order valence-electron chi connectivity index (χ2n) is 4.79. The van der Waals surface area contributed by atoms with Crippen LogP contribution >= 0.6 is 11.3 Å². The molecule has 0 bridgehead atoms. The third kappa shape index (κ3) is 3.68. The number of thiophene rings is 1. The van der Waals surface area contributed by atoms with Crippen LogP contribution in [-0.4, -0.2) is 23.9 Å². The Kier molecular flexibility index (Phi) is 5.32. The fraction of sp³-hybridized carbons (Fsp3) is 0.312. The van der Waals surface area contributed by atoms with Gasteiger partial charge >= 0.3 is 0 Å². The molecule has 2 rings (SSSR count). The highest BCUT2D eigenvalue weighted by Gasteiger charge is 2.18. The average molecular weight is 288 g/mol. The van der Waals surface area contributed by atoms with E-state index in [2.05, 4.69) is 0 Å². The minimum atomic E-state index is 0.106. The van der Waals surface area contributed by atoms with Crippen molar-refractivity contribution in [2.75, 3.05) is 13.1 Å². The van der Waals surface area contributed by atoms with Crippen LogP contribution in [0.1, 0.15) is 27.2 Å². The molecule has 20 heavy (non-hydrogen) atoms. The first-order valence-electron chi connectivity index (χ1n) is 6.79. The minimum absolute atomic E-state index is 0.106. The zero-order valence-corrected chi connectivity index (χ0v) is 12.5. The third-order valence-electron chi connectivity index (χ3n) is 3.19. The van der Waals surface area contributed by atoms with Crippen LogP contribution in [0.4, 0.5) is 0 Å². The van der Waals surface area contributed by atoms with Crippen LogP contribution in [0.5, 0.6) is 0 Å². The summed E-state index contributed by atoms with van der Waals surface area (Å²) in [6, 6.07) is 12.1. The average Bonchev–Trinajstić information content (AvgIpc) is 2.90. The van der Waals surface area contributed by atoms with Crippen molar-refractivity contribution in [3.05, 3.63) is 57.8 Å². The molecule has 1 amide bonds. The van der Waals surface area contributed by atoms with Gasteiger partial charge in [0.1, 0.15) is 0 Å². The molecule has 1 aromatic carbocycles. The topological polar surface area (TPSA) is 46.3 Å². The Morgan fingerprint density at radius 2 is 2.00 bits per heavy atom. The van der Waals surface area contributed by atoms with E-state index in [0.29, 0.717) is 19.6 Å². The maximum Gasteiger partial charge on any atom is 0.264 e. The molecule has 0 unspecified atom stereocenters. The van der Waals surface area contributed by atoms with Gasteiger partial charge in [0.25, 0.3) is 5.91 Å². The summed E-state index contributed by atoms with van der Waals surface area (Å²) >= 11 is 1.51. The molecule has 2 aromatic rings. The molecule has 106 valence electrons. The molecule has 2 N–H and O–H groups in total. The fourth-order valence-corrected chi connectivity index (χ4v) is 2.97. The number of benzene rings is 1. The molecule has 0 aliphatic carbocycles. The highest BCUT2D eigenvalue weighted by molar-refractivity contribution is 7.12. The molecule has 3 nitrogen and oxygen atoms in total. The molecule has 0 aliphatic rings. The van der Waals surface area contributed by atoms with Crippen molar-refractivity contribution in [1.29, 1.82) is 0 Å². The lowest BCUT2D eigenvalue weighted by atomic mass is 10.2. The van der Waals surface area contributed by atoms with E-state index in [1.807, 2.05) is 53.6 Å². The van der Waals surface area contributed by atoms with Gasteiger partial charge in [-0.3, -0.25) is 4.79 Å². The number of amides is 1. The Labute approximate surface area is 124 Å². The Balaban J connectivity index is 2.15. The Morgan fingerprint density at radius 3 is 2.60 bits per heavy atom. The van der Waals surface area contributed by atoms with Crippen molar-refractivity contribution in [2.24, 2.45) is 5.73 Å². The van der Waals surface area contributed by atoms with E-state index in [1.165, 1.54) is 11.3 Å². The van der Waals surface area contributed by atoms with Crippen LogP contribution < -0.4 is 5.73 Å². The van der Waals surface area contributed by atoms with E-state index >= 15 is 0 Å². The van der Waals surface area contributed by atoms with Crippen molar-refractivity contribution in [1.82, 2.24) is 4.90 Å². The van der Waals surface area contributed by atoms with E-state index in [-0.39, 0.29) is 5.91 Å². The standard InChI is InChI=1S/C16H20N2OS/c1-13-8-11-20-15(13)16(19)18(10-5-9-17)12-14-6-3-2-4-7-14/h2-4,6-8,11H,5,9-10,12,17H2,1H3. The smallest absolute Gasteiger partial charge is 0.264 e. The summed E-state index contributed by atoms with van der Waals surface area (Å²) in [7, 11) is 0. The van der Waals surface area contributed by atoms with E-state index in [1.54, 1.807) is 0 Å². The largest absolute Gasteiger partial charge is 0.334 e. The number of aryl methyl sites for hydroxylation is 1. The normalized spacial score (nSPS) is 10.5. The van der Waals surface area contributed by atoms with Gasteiger partial charge < -0.3 is 10.6 Å². The predicted molar refractivity (Wildman–Crippen MR) is 83.9 cm³/mol. The van der Waals surface area contributed by atoms with Crippen LogP contribution in [0.15, 0.2) is 41.8 Å². The number of nitrogens with zero attached hydrogens (tertiary/aromatic N) is 1. The summed E-state index contributed by atoms with van der Waals surface area (Å²) in [4.78, 5) is 15.4. The molecular formula is C16H20N2OS. The Bertz CT molecular complexity index is 551. The van der Waals surface area contributed by atoms with E-state index in [9.17, 15) is 4.79 Å². The number of rotatable bonds is 6. The van der Waals surface area contributed by atoms with Gasteiger partial charge in [-0.2, -0.15) is 0 Å². The van der Waals surface area contributed by atoms with Gasteiger partial charge in [0.2, 0.25) is 0 Å². The molecule has 0 saturated carbocycles. The summed E-state index contributed by atoms with van der Waals surface area (Å²) < 4.78 is 0. The van der Waals surface area contributed by atoms with Crippen LogP contribution in [-0.2, 0) is 6.54 Å². The van der Waals surface area contributed by atoms with Crippen molar-refractivity contribution in [2.45, 2.75) is 19.9 Å². The predicted octanol–water partition coefficient (Wildman–Crippen LogP) is 3.05. The van der Waals surface area contributed by atoms with Crippen LogP contribution in [0.2, 0.25) is 0 Å². The van der Waals surface area contributed by atoms with Gasteiger partial charge in [0.05, 0.1) is 4.88 Å². The summed E-state index contributed by atoms with van der Waals surface area (Å²) in [5.74, 6) is 0.106. The quantitative estimate of drug-likeness (QED) is 0.888. The first-order valence-corrected chi connectivity index (χ1v) is 7.67. The maximum atomic E-state index is 12.6. The lowest BCUT2D eigenvalue weighted by Crippen LogP contribution is -2.32. The van der Waals surface area contributed by atoms with E-state index < -0.39 is 0 Å². The lowest BCUT2D eigenvalue weighted by molar-refractivity contribution is 0.0746. The minimum Gasteiger partial charge on any atom is -0.334 e. The summed E-state index contributed by atoms with van der Waals surface area (Å²) in [5, 5.41) is 1.96. The van der Waals surface area contributed by atoms with Gasteiger partial charge in [-0.1, -0.05) is 30.3 Å². The number of carbonyl (C=O) groups is 1. The fourth-order valence-electron chi connectivity index (χ4n) is 2.07. The molecule has 0 spiro atoms. The molecule has 0 aliphatic heterocycles. The van der Waals surface area contributed by atoms with Gasteiger partial charge in [-0.15, -0.1) is 11.3 Å². The SMILES string of the molecule is Cc1ccsc1C(=O)N(CCCN)Cc1ccccc1. The highest BCUT2D eigenvalue weighted by atomic mass is 32.1. The van der Waals surface area contributed by atoms with Gasteiger partial charge in [0.15, 0.2) is 0 Å².